The molecule has 0 unspecified atom stereocenters. The van der Waals surface area contributed by atoms with E-state index in [2.05, 4.69) is 4.98 Å². The van der Waals surface area contributed by atoms with Crippen LogP contribution >= 0.6 is 0 Å². The monoisotopic (exact) mass is 342 g/mol. The highest BCUT2D eigenvalue weighted by Gasteiger charge is 2.52. The minimum absolute atomic E-state index is 0.168. The first-order valence-electron chi connectivity index (χ1n) is 8.25. The molecule has 1 fully saturated rings. The number of benzene rings is 1. The fourth-order valence-corrected chi connectivity index (χ4v) is 2.79. The number of fused-ring (bicyclic) bond motifs is 1. The molecule has 0 spiro atoms. The van der Waals surface area contributed by atoms with Gasteiger partial charge in [-0.1, -0.05) is 12.1 Å². The molecule has 1 aromatic carbocycles. The number of aromatic amines is 1. The van der Waals surface area contributed by atoms with E-state index in [1.54, 1.807) is 6.07 Å². The highest BCUT2D eigenvalue weighted by atomic mass is 16.7. The van der Waals surface area contributed by atoms with Crippen LogP contribution in [0.5, 0.6) is 0 Å². The van der Waals surface area contributed by atoms with E-state index in [0.29, 0.717) is 6.54 Å². The van der Waals surface area contributed by atoms with E-state index in [-0.39, 0.29) is 5.69 Å². The number of hydrogen-bond acceptors (Lipinski definition) is 4. The number of carboxylic acid groups (broad SMARTS) is 1. The molecule has 0 saturated carbocycles. The second-order valence-electron chi connectivity index (χ2n) is 7.35. The Morgan fingerprint density at radius 3 is 2.44 bits per heavy atom. The summed E-state index contributed by atoms with van der Waals surface area (Å²) in [4.78, 5) is 14.0. The lowest BCUT2D eigenvalue weighted by molar-refractivity contribution is 0.00578. The van der Waals surface area contributed by atoms with Crippen LogP contribution in [-0.2, 0) is 9.31 Å². The van der Waals surface area contributed by atoms with Crippen LogP contribution in [0.25, 0.3) is 17.0 Å². The Hall–Kier alpha value is -2.09. The van der Waals surface area contributed by atoms with Gasteiger partial charge in [0.25, 0.3) is 0 Å². The second kappa shape index (κ2) is 6.02. The molecule has 0 bridgehead atoms. The third kappa shape index (κ3) is 3.22. The van der Waals surface area contributed by atoms with Crippen LogP contribution < -0.4 is 5.73 Å². The molecule has 3 rings (SSSR count). The van der Waals surface area contributed by atoms with Gasteiger partial charge in [0.1, 0.15) is 5.69 Å². The van der Waals surface area contributed by atoms with Crippen molar-refractivity contribution in [3.05, 3.63) is 41.0 Å². The standard InChI is InChI=1S/C18H23BN2O4/c1-17(2)18(3,4)25-19(24-17)13(10-20)8-11-5-6-14-12(7-11)9-15(21-14)16(22)23/h5-9,21H,10,20H2,1-4H3,(H,22,23). The van der Waals surface area contributed by atoms with Gasteiger partial charge in [0.05, 0.1) is 11.2 Å². The summed E-state index contributed by atoms with van der Waals surface area (Å²) in [5, 5.41) is 9.92. The van der Waals surface area contributed by atoms with Crippen molar-refractivity contribution in [2.24, 2.45) is 5.73 Å². The summed E-state index contributed by atoms with van der Waals surface area (Å²) >= 11 is 0. The minimum Gasteiger partial charge on any atom is -0.477 e. The van der Waals surface area contributed by atoms with E-state index < -0.39 is 24.3 Å². The van der Waals surface area contributed by atoms with Crippen molar-refractivity contribution in [2.75, 3.05) is 6.54 Å². The van der Waals surface area contributed by atoms with Crippen LogP contribution in [0, 0.1) is 0 Å². The summed E-state index contributed by atoms with van der Waals surface area (Å²) in [7, 11) is -0.494. The molecular formula is C18H23BN2O4. The molecule has 0 amide bonds. The molecule has 2 heterocycles. The molecular weight excluding hydrogens is 319 g/mol. The van der Waals surface area contributed by atoms with E-state index >= 15 is 0 Å². The maximum Gasteiger partial charge on any atom is 0.491 e. The number of carbonyl (C=O) groups is 1. The van der Waals surface area contributed by atoms with Crippen LogP contribution in [-0.4, -0.2) is 40.9 Å². The fraction of sp³-hybridized carbons (Fsp3) is 0.389. The molecule has 6 nitrogen and oxygen atoms in total. The van der Waals surface area contributed by atoms with E-state index in [1.807, 2.05) is 52.0 Å². The van der Waals surface area contributed by atoms with Gasteiger partial charge in [-0.2, -0.15) is 0 Å². The molecule has 0 atom stereocenters. The van der Waals surface area contributed by atoms with Crippen molar-refractivity contribution in [3.63, 3.8) is 0 Å². The van der Waals surface area contributed by atoms with Crippen LogP contribution in [0.2, 0.25) is 0 Å². The third-order valence-electron chi connectivity index (χ3n) is 5.02. The van der Waals surface area contributed by atoms with Gasteiger partial charge >= 0.3 is 13.1 Å². The van der Waals surface area contributed by atoms with Gasteiger partial charge in [-0.3, -0.25) is 0 Å². The van der Waals surface area contributed by atoms with E-state index in [4.69, 9.17) is 20.1 Å². The number of nitrogens with one attached hydrogen (secondary N) is 1. The first-order chi connectivity index (χ1) is 11.6. The molecule has 4 N–H and O–H groups in total. The van der Waals surface area contributed by atoms with Crippen molar-refractivity contribution in [3.8, 4) is 0 Å². The molecule has 0 aliphatic carbocycles. The smallest absolute Gasteiger partial charge is 0.477 e. The van der Waals surface area contributed by atoms with Gasteiger partial charge in [-0.15, -0.1) is 0 Å². The lowest BCUT2D eigenvalue weighted by Crippen LogP contribution is -2.41. The Morgan fingerprint density at radius 1 is 1.24 bits per heavy atom. The Morgan fingerprint density at radius 2 is 1.88 bits per heavy atom. The predicted molar refractivity (Wildman–Crippen MR) is 98.4 cm³/mol. The zero-order valence-electron chi connectivity index (χ0n) is 14.9. The highest BCUT2D eigenvalue weighted by Crippen LogP contribution is 2.38. The maximum atomic E-state index is 11.1. The summed E-state index contributed by atoms with van der Waals surface area (Å²) < 4.78 is 12.1. The number of rotatable bonds is 4. The van der Waals surface area contributed by atoms with Crippen LogP contribution in [0.4, 0.5) is 0 Å². The first-order valence-corrected chi connectivity index (χ1v) is 8.25. The van der Waals surface area contributed by atoms with Gasteiger partial charge < -0.3 is 25.1 Å². The number of hydrogen-bond donors (Lipinski definition) is 3. The molecule has 1 aliphatic rings. The Kier molecular flexibility index (Phi) is 4.27. The second-order valence-corrected chi connectivity index (χ2v) is 7.35. The highest BCUT2D eigenvalue weighted by molar-refractivity contribution is 6.55. The minimum atomic E-state index is -0.979. The first kappa shape index (κ1) is 17.7. The van der Waals surface area contributed by atoms with Crippen molar-refractivity contribution in [1.82, 2.24) is 4.98 Å². The Labute approximate surface area is 147 Å². The maximum absolute atomic E-state index is 11.1. The molecule has 1 aromatic heterocycles. The average Bonchev–Trinajstić information content (AvgIpc) is 3.03. The summed E-state index contributed by atoms with van der Waals surface area (Å²) in [6.07, 6.45) is 1.94. The van der Waals surface area contributed by atoms with Crippen molar-refractivity contribution >= 4 is 30.1 Å². The van der Waals surface area contributed by atoms with Crippen molar-refractivity contribution in [1.29, 1.82) is 0 Å². The van der Waals surface area contributed by atoms with Crippen LogP contribution in [0.15, 0.2) is 29.7 Å². The topological polar surface area (TPSA) is 97.6 Å². The summed E-state index contributed by atoms with van der Waals surface area (Å²) in [5.74, 6) is -0.979. The van der Waals surface area contributed by atoms with E-state index in [9.17, 15) is 4.79 Å². The number of aromatic nitrogens is 1. The number of H-pyrrole nitrogens is 1. The van der Waals surface area contributed by atoms with Gasteiger partial charge in [0, 0.05) is 17.4 Å². The molecule has 2 aromatic rings. The Balaban J connectivity index is 1.92. The largest absolute Gasteiger partial charge is 0.491 e. The zero-order chi connectivity index (χ0) is 18.4. The van der Waals surface area contributed by atoms with Crippen molar-refractivity contribution < 1.29 is 19.2 Å². The molecule has 132 valence electrons. The van der Waals surface area contributed by atoms with Gasteiger partial charge in [0.2, 0.25) is 0 Å². The average molecular weight is 342 g/mol. The quantitative estimate of drug-likeness (QED) is 0.743. The molecule has 25 heavy (non-hydrogen) atoms. The Bertz CT molecular complexity index is 838. The third-order valence-corrected chi connectivity index (χ3v) is 5.02. The van der Waals surface area contributed by atoms with Gasteiger partial charge in [-0.25, -0.2) is 4.79 Å². The molecule has 1 aliphatic heterocycles. The predicted octanol–water partition coefficient (Wildman–Crippen LogP) is 2.84. The number of aromatic carboxylic acids is 1. The summed E-state index contributed by atoms with van der Waals surface area (Å²) in [5.41, 5.74) is 7.77. The van der Waals surface area contributed by atoms with Gasteiger partial charge in [-0.05, 0) is 56.9 Å². The van der Waals surface area contributed by atoms with Crippen LogP contribution in [0.1, 0.15) is 43.7 Å². The molecule has 7 heteroatoms. The summed E-state index contributed by atoms with van der Waals surface area (Å²) in [6, 6.07) is 7.29. The summed E-state index contributed by atoms with van der Waals surface area (Å²) in [6.45, 7) is 8.31. The lowest BCUT2D eigenvalue weighted by Gasteiger charge is -2.32. The lowest BCUT2D eigenvalue weighted by atomic mass is 9.77. The van der Waals surface area contributed by atoms with E-state index in [1.165, 1.54) is 0 Å². The van der Waals surface area contributed by atoms with Gasteiger partial charge in [0.15, 0.2) is 0 Å². The molecule has 0 radical (unpaired) electrons. The number of nitrogens with two attached hydrogens (primary N) is 1. The zero-order valence-corrected chi connectivity index (χ0v) is 14.9. The SMILES string of the molecule is CC1(C)OB(C(=Cc2ccc3[nH]c(C(=O)O)cc3c2)CN)OC1(C)C. The fourth-order valence-electron chi connectivity index (χ4n) is 2.79. The molecule has 1 saturated heterocycles. The van der Waals surface area contributed by atoms with E-state index in [0.717, 1.165) is 21.9 Å². The van der Waals surface area contributed by atoms with Crippen LogP contribution in [0.3, 0.4) is 0 Å². The number of carboxylic acids is 1. The van der Waals surface area contributed by atoms with Crippen molar-refractivity contribution in [2.45, 2.75) is 38.9 Å². The normalized spacial score (nSPS) is 19.6.